The van der Waals surface area contributed by atoms with E-state index in [0.717, 1.165) is 11.3 Å². The molecule has 3 rings (SSSR count). The Morgan fingerprint density at radius 1 is 1.35 bits per heavy atom. The smallest absolute Gasteiger partial charge is 0.387 e. The van der Waals surface area contributed by atoms with Gasteiger partial charge in [-0.15, -0.1) is 0 Å². The first-order chi connectivity index (χ1) is 11.0. The van der Waals surface area contributed by atoms with Crippen molar-refractivity contribution in [3.8, 4) is 5.75 Å². The molecule has 1 unspecified atom stereocenters. The number of halogens is 2. The third-order valence-corrected chi connectivity index (χ3v) is 4.42. The molecule has 1 N–H and O–H groups in total. The number of nitrogens with one attached hydrogen (secondary N) is 1. The van der Waals surface area contributed by atoms with Gasteiger partial charge in [0.25, 0.3) is 0 Å². The van der Waals surface area contributed by atoms with Gasteiger partial charge in [-0.3, -0.25) is 9.97 Å². The van der Waals surface area contributed by atoms with Gasteiger partial charge in [-0.2, -0.15) is 13.8 Å². The molecule has 0 spiro atoms. The molecule has 1 aromatic carbocycles. The van der Waals surface area contributed by atoms with Crippen LogP contribution in [0.4, 0.5) is 8.78 Å². The van der Waals surface area contributed by atoms with Gasteiger partial charge < -0.3 is 9.29 Å². The third-order valence-electron chi connectivity index (χ3n) is 3.26. The fourth-order valence-corrected chi connectivity index (χ4v) is 3.22. The highest BCUT2D eigenvalue weighted by Gasteiger charge is 2.19. The fourth-order valence-electron chi connectivity index (χ4n) is 2.11. The number of H-pyrrole nitrogens is 1. The van der Waals surface area contributed by atoms with Gasteiger partial charge in [0.2, 0.25) is 0 Å². The lowest BCUT2D eigenvalue weighted by atomic mass is 10.2. The highest BCUT2D eigenvalue weighted by atomic mass is 32.2. The van der Waals surface area contributed by atoms with Crippen LogP contribution in [0.1, 0.15) is 11.3 Å². The van der Waals surface area contributed by atoms with Crippen LogP contribution in [0.5, 0.6) is 5.75 Å². The van der Waals surface area contributed by atoms with Gasteiger partial charge in [0.1, 0.15) is 5.75 Å². The van der Waals surface area contributed by atoms with Crippen molar-refractivity contribution in [2.75, 3.05) is 0 Å². The molecular formula is C15H13F2N3O2S. The fraction of sp³-hybridized carbons (Fsp3) is 0.200. The summed E-state index contributed by atoms with van der Waals surface area (Å²) in [5.41, 5.74) is 2.70. The van der Waals surface area contributed by atoms with Crippen molar-refractivity contribution in [1.82, 2.24) is 15.0 Å². The summed E-state index contributed by atoms with van der Waals surface area (Å²) in [7, 11) is 0. The van der Waals surface area contributed by atoms with Gasteiger partial charge in [-0.05, 0) is 30.7 Å². The molecule has 2 heterocycles. The van der Waals surface area contributed by atoms with Crippen LogP contribution in [0.15, 0.2) is 41.7 Å². The number of aromatic nitrogens is 3. The summed E-state index contributed by atoms with van der Waals surface area (Å²) < 4.78 is 41.2. The number of nitrogens with zero attached hydrogens (tertiary/aromatic N) is 2. The predicted molar refractivity (Wildman–Crippen MR) is 81.8 cm³/mol. The second kappa shape index (κ2) is 6.51. The van der Waals surface area contributed by atoms with Crippen LogP contribution in [-0.4, -0.2) is 26.1 Å². The third kappa shape index (κ3) is 3.59. The second-order valence-corrected chi connectivity index (χ2v) is 6.22. The molecule has 0 amide bonds. The predicted octanol–water partition coefficient (Wildman–Crippen LogP) is 3.18. The molecule has 0 aliphatic heterocycles. The highest BCUT2D eigenvalue weighted by Crippen LogP contribution is 2.23. The molecule has 120 valence electrons. The van der Waals surface area contributed by atoms with Crippen LogP contribution in [-0.2, 0) is 16.9 Å². The van der Waals surface area contributed by atoms with Gasteiger partial charge in [-0.25, -0.2) is 0 Å². The Hall–Kier alpha value is -2.19. The average molecular weight is 337 g/mol. The number of imidazole rings is 1. The molecule has 3 aromatic rings. The van der Waals surface area contributed by atoms with Crippen molar-refractivity contribution in [2.45, 2.75) is 24.4 Å². The van der Waals surface area contributed by atoms with E-state index in [1.807, 2.05) is 19.1 Å². The lowest BCUT2D eigenvalue weighted by Crippen LogP contribution is -2.09. The zero-order valence-electron chi connectivity index (χ0n) is 12.1. The number of fused-ring (bicyclic) bond motifs is 1. The molecule has 1 atom stereocenters. The first-order valence-corrected chi connectivity index (χ1v) is 8.08. The van der Waals surface area contributed by atoms with Gasteiger partial charge in [0.15, 0.2) is 5.75 Å². The number of aryl methyl sites for hydroxylation is 1. The summed E-state index contributed by atoms with van der Waals surface area (Å²) in [5.74, 6) is 0.240. The molecule has 0 aliphatic rings. The van der Waals surface area contributed by atoms with Crippen molar-refractivity contribution in [2.24, 2.45) is 0 Å². The Balaban J connectivity index is 1.83. The van der Waals surface area contributed by atoms with E-state index in [-0.39, 0.29) is 16.7 Å². The van der Waals surface area contributed by atoms with Gasteiger partial charge in [0.05, 0.1) is 16.7 Å². The number of hydrogen-bond acceptors (Lipinski definition) is 4. The van der Waals surface area contributed by atoms with Crippen molar-refractivity contribution >= 4 is 22.2 Å². The first-order valence-electron chi connectivity index (χ1n) is 6.76. The quantitative estimate of drug-likeness (QED) is 0.726. The van der Waals surface area contributed by atoms with E-state index in [4.69, 9.17) is 0 Å². The summed E-state index contributed by atoms with van der Waals surface area (Å²) in [6, 6.07) is 8.05. The Morgan fingerprint density at radius 3 is 2.91 bits per heavy atom. The standard InChI is InChI=1S/C15H13F2N3O2S/c1-9-3-2-6-18-13(9)8-23(21)15-19-11-5-4-10(22-14(16)17)7-12(11)20-15/h2-7,14H,8H2,1H3,(H,19,20). The highest BCUT2D eigenvalue weighted by molar-refractivity contribution is 7.90. The van der Waals surface area contributed by atoms with E-state index in [0.29, 0.717) is 11.0 Å². The minimum Gasteiger partial charge on any atom is -0.609 e. The lowest BCUT2D eigenvalue weighted by Gasteiger charge is -2.07. The van der Waals surface area contributed by atoms with E-state index in [1.54, 1.807) is 12.3 Å². The van der Waals surface area contributed by atoms with Crippen LogP contribution in [0, 0.1) is 6.92 Å². The number of aromatic amines is 1. The van der Waals surface area contributed by atoms with Crippen LogP contribution >= 0.6 is 0 Å². The van der Waals surface area contributed by atoms with Gasteiger partial charge in [-0.1, -0.05) is 6.07 Å². The maximum absolute atomic E-state index is 12.4. The minimum absolute atomic E-state index is 0.0110. The van der Waals surface area contributed by atoms with E-state index in [1.165, 1.54) is 12.1 Å². The van der Waals surface area contributed by atoms with Crippen LogP contribution in [0.25, 0.3) is 11.0 Å². The summed E-state index contributed by atoms with van der Waals surface area (Å²) in [6.07, 6.45) is 1.64. The SMILES string of the molecule is Cc1cccnc1C[S+]([O-])c1nc2cc(OC(F)F)ccc2[nH]1. The zero-order chi connectivity index (χ0) is 16.4. The van der Waals surface area contributed by atoms with Crippen molar-refractivity contribution in [3.05, 3.63) is 47.8 Å². The van der Waals surface area contributed by atoms with Crippen LogP contribution in [0.3, 0.4) is 0 Å². The number of rotatable bonds is 5. The molecule has 5 nitrogen and oxygen atoms in total. The van der Waals surface area contributed by atoms with E-state index >= 15 is 0 Å². The first kappa shape index (κ1) is 15.7. The lowest BCUT2D eigenvalue weighted by molar-refractivity contribution is -0.0497. The van der Waals surface area contributed by atoms with Gasteiger partial charge in [0, 0.05) is 23.4 Å². The molecule has 2 aromatic heterocycles. The number of ether oxygens (including phenoxy) is 1. The summed E-state index contributed by atoms with van der Waals surface area (Å²) in [4.78, 5) is 11.3. The number of alkyl halides is 2. The largest absolute Gasteiger partial charge is 0.609 e. The molecule has 0 bridgehead atoms. The number of benzene rings is 1. The second-order valence-electron chi connectivity index (χ2n) is 4.86. The number of pyridine rings is 1. The van der Waals surface area contributed by atoms with Crippen molar-refractivity contribution < 1.29 is 18.1 Å². The topological polar surface area (TPSA) is 73.9 Å². The normalized spacial score (nSPS) is 12.7. The Morgan fingerprint density at radius 2 is 2.17 bits per heavy atom. The van der Waals surface area contributed by atoms with E-state index in [9.17, 15) is 13.3 Å². The van der Waals surface area contributed by atoms with Crippen LogP contribution < -0.4 is 4.74 Å². The molecule has 0 saturated carbocycles. The van der Waals surface area contributed by atoms with Crippen molar-refractivity contribution in [3.63, 3.8) is 0 Å². The maximum Gasteiger partial charge on any atom is 0.387 e. The molecule has 23 heavy (non-hydrogen) atoms. The Labute approximate surface area is 133 Å². The molecule has 0 aliphatic carbocycles. The molecule has 0 radical (unpaired) electrons. The Bertz CT molecular complexity index is 825. The summed E-state index contributed by atoms with van der Waals surface area (Å²) in [6.45, 7) is -1.00. The molecule has 8 heteroatoms. The zero-order valence-corrected chi connectivity index (χ0v) is 12.9. The summed E-state index contributed by atoms with van der Waals surface area (Å²) in [5, 5.41) is 0.277. The van der Waals surface area contributed by atoms with Crippen molar-refractivity contribution in [1.29, 1.82) is 0 Å². The van der Waals surface area contributed by atoms with Crippen LogP contribution in [0.2, 0.25) is 0 Å². The molecular weight excluding hydrogens is 324 g/mol. The molecule has 0 saturated heterocycles. The number of hydrogen-bond donors (Lipinski definition) is 1. The Kier molecular flexibility index (Phi) is 4.44. The van der Waals surface area contributed by atoms with E-state index < -0.39 is 17.8 Å². The van der Waals surface area contributed by atoms with Gasteiger partial charge >= 0.3 is 11.8 Å². The average Bonchev–Trinajstić information content (AvgIpc) is 2.92. The van der Waals surface area contributed by atoms with E-state index in [2.05, 4.69) is 19.7 Å². The maximum atomic E-state index is 12.4. The monoisotopic (exact) mass is 337 g/mol. The minimum atomic E-state index is -2.90. The molecule has 0 fully saturated rings. The summed E-state index contributed by atoms with van der Waals surface area (Å²) >= 11 is -1.41.